The van der Waals surface area contributed by atoms with E-state index in [1.165, 1.54) is 17.7 Å². The highest BCUT2D eigenvalue weighted by Gasteiger charge is 2.20. The summed E-state index contributed by atoms with van der Waals surface area (Å²) in [6.07, 6.45) is 0. The Morgan fingerprint density at radius 1 is 1.07 bits per heavy atom. The predicted molar refractivity (Wildman–Crippen MR) is 118 cm³/mol. The van der Waals surface area contributed by atoms with Gasteiger partial charge in [-0.1, -0.05) is 63.9 Å². The van der Waals surface area contributed by atoms with Gasteiger partial charge in [-0.2, -0.15) is 0 Å². The maximum atomic E-state index is 14.5. The van der Waals surface area contributed by atoms with Crippen molar-refractivity contribution in [2.24, 2.45) is 0 Å². The van der Waals surface area contributed by atoms with E-state index in [4.69, 9.17) is 16.3 Å². The second-order valence-electron chi connectivity index (χ2n) is 6.56. The van der Waals surface area contributed by atoms with Crippen molar-refractivity contribution in [3.8, 4) is 16.9 Å². The maximum absolute atomic E-state index is 14.5. The van der Waals surface area contributed by atoms with Crippen molar-refractivity contribution in [2.45, 2.75) is 6.54 Å². The Hall–Kier alpha value is -2.63. The number of hydrogen-bond donors (Lipinski definition) is 0. The van der Waals surface area contributed by atoms with Crippen LogP contribution in [-0.4, -0.2) is 11.7 Å². The van der Waals surface area contributed by atoms with E-state index in [2.05, 4.69) is 15.9 Å². The number of halogens is 3. The van der Waals surface area contributed by atoms with Crippen molar-refractivity contribution in [3.63, 3.8) is 0 Å². The fourth-order valence-corrected chi connectivity index (χ4v) is 3.97. The van der Waals surface area contributed by atoms with Gasteiger partial charge in [0, 0.05) is 26.0 Å². The predicted octanol–water partition coefficient (Wildman–Crippen LogP) is 6.28. The molecular weight excluding hydrogens is 457 g/mol. The van der Waals surface area contributed by atoms with Crippen molar-refractivity contribution in [1.29, 1.82) is 0 Å². The van der Waals surface area contributed by atoms with Gasteiger partial charge < -0.3 is 9.30 Å². The summed E-state index contributed by atoms with van der Waals surface area (Å²) in [6, 6.07) is 19.6. The number of hydrogen-bond acceptors (Lipinski definition) is 2. The van der Waals surface area contributed by atoms with Crippen LogP contribution in [0.4, 0.5) is 4.39 Å². The minimum absolute atomic E-state index is 0.0709. The summed E-state index contributed by atoms with van der Waals surface area (Å²) in [5, 5.41) is 1.30. The molecular formula is C23H16BrClFNO2. The first-order valence-electron chi connectivity index (χ1n) is 8.89. The van der Waals surface area contributed by atoms with E-state index in [1.54, 1.807) is 30.3 Å². The summed E-state index contributed by atoms with van der Waals surface area (Å²) in [5.41, 5.74) is 2.24. The molecule has 0 unspecified atom stereocenters. The summed E-state index contributed by atoms with van der Waals surface area (Å²) in [4.78, 5) is 13.3. The van der Waals surface area contributed by atoms with Gasteiger partial charge in [0.05, 0.1) is 19.2 Å². The maximum Gasteiger partial charge on any atom is 0.294 e. The summed E-state index contributed by atoms with van der Waals surface area (Å²) >= 11 is 9.53. The van der Waals surface area contributed by atoms with E-state index in [-0.39, 0.29) is 23.7 Å². The number of benzene rings is 3. The van der Waals surface area contributed by atoms with Gasteiger partial charge in [0.15, 0.2) is 5.75 Å². The highest BCUT2D eigenvalue weighted by Crippen LogP contribution is 2.36. The third-order valence-electron chi connectivity index (χ3n) is 4.80. The molecule has 0 aliphatic carbocycles. The first kappa shape index (κ1) is 19.7. The molecule has 0 radical (unpaired) electrons. The van der Waals surface area contributed by atoms with E-state index >= 15 is 0 Å². The van der Waals surface area contributed by atoms with Gasteiger partial charge in [0.25, 0.3) is 5.56 Å². The average molecular weight is 473 g/mol. The van der Waals surface area contributed by atoms with Gasteiger partial charge in [-0.25, -0.2) is 4.39 Å². The number of fused-ring (bicyclic) bond motifs is 1. The molecule has 0 aliphatic rings. The molecule has 4 rings (SSSR count). The molecule has 6 heteroatoms. The quantitative estimate of drug-likeness (QED) is 0.350. The average Bonchev–Trinajstić information content (AvgIpc) is 2.71. The van der Waals surface area contributed by atoms with Gasteiger partial charge in [0.1, 0.15) is 5.82 Å². The monoisotopic (exact) mass is 471 g/mol. The van der Waals surface area contributed by atoms with E-state index in [0.717, 1.165) is 10.9 Å². The lowest BCUT2D eigenvalue weighted by molar-refractivity contribution is 0.407. The third-order valence-corrected chi connectivity index (χ3v) is 5.52. The minimum Gasteiger partial charge on any atom is -0.491 e. The van der Waals surface area contributed by atoms with Crippen LogP contribution in [0, 0.1) is 5.82 Å². The Morgan fingerprint density at radius 3 is 2.52 bits per heavy atom. The van der Waals surface area contributed by atoms with Crippen molar-refractivity contribution >= 4 is 38.4 Å². The fourth-order valence-electron chi connectivity index (χ4n) is 3.46. The summed E-state index contributed by atoms with van der Waals surface area (Å²) in [5.74, 6) is -0.192. The molecule has 0 spiro atoms. The van der Waals surface area contributed by atoms with Crippen LogP contribution in [0.5, 0.6) is 5.75 Å². The molecule has 0 atom stereocenters. The number of pyridine rings is 1. The minimum atomic E-state index is -0.389. The number of aromatic nitrogens is 1. The first-order valence-corrected chi connectivity index (χ1v) is 10.1. The zero-order valence-corrected chi connectivity index (χ0v) is 17.8. The second kappa shape index (κ2) is 8.01. The lowest BCUT2D eigenvalue weighted by atomic mass is 9.99. The number of rotatable bonds is 4. The van der Waals surface area contributed by atoms with Crippen LogP contribution < -0.4 is 10.3 Å². The normalized spacial score (nSPS) is 11.0. The van der Waals surface area contributed by atoms with Crippen LogP contribution in [0.25, 0.3) is 22.0 Å². The highest BCUT2D eigenvalue weighted by atomic mass is 79.9. The van der Waals surface area contributed by atoms with Crippen LogP contribution in [0.2, 0.25) is 5.02 Å². The molecule has 146 valence electrons. The van der Waals surface area contributed by atoms with E-state index < -0.39 is 0 Å². The van der Waals surface area contributed by atoms with Crippen LogP contribution in [0.3, 0.4) is 0 Å². The van der Waals surface area contributed by atoms with Crippen LogP contribution in [0.15, 0.2) is 76.0 Å². The number of methoxy groups -OCH3 is 1. The van der Waals surface area contributed by atoms with Gasteiger partial charge in [0.2, 0.25) is 0 Å². The van der Waals surface area contributed by atoms with E-state index in [9.17, 15) is 9.18 Å². The molecule has 0 saturated carbocycles. The molecule has 0 saturated heterocycles. The van der Waals surface area contributed by atoms with Gasteiger partial charge in [-0.3, -0.25) is 4.79 Å². The highest BCUT2D eigenvalue weighted by molar-refractivity contribution is 9.10. The Balaban J connectivity index is 2.04. The zero-order valence-electron chi connectivity index (χ0n) is 15.5. The molecule has 1 aromatic heterocycles. The van der Waals surface area contributed by atoms with Crippen molar-refractivity contribution < 1.29 is 9.13 Å². The number of ether oxygens (including phenoxy) is 1. The molecule has 0 amide bonds. The van der Waals surface area contributed by atoms with Crippen molar-refractivity contribution in [2.75, 3.05) is 7.11 Å². The van der Waals surface area contributed by atoms with Gasteiger partial charge >= 0.3 is 0 Å². The summed E-state index contributed by atoms with van der Waals surface area (Å²) in [7, 11) is 1.46. The third kappa shape index (κ3) is 3.68. The van der Waals surface area contributed by atoms with E-state index in [1.807, 2.05) is 30.3 Å². The Labute approximate surface area is 180 Å². The smallest absolute Gasteiger partial charge is 0.294 e. The van der Waals surface area contributed by atoms with Gasteiger partial charge in [-0.15, -0.1) is 0 Å². The van der Waals surface area contributed by atoms with Crippen LogP contribution in [0.1, 0.15) is 5.56 Å². The summed E-state index contributed by atoms with van der Waals surface area (Å²) < 4.78 is 22.1. The second-order valence-corrected chi connectivity index (χ2v) is 7.91. The molecule has 1 heterocycles. The topological polar surface area (TPSA) is 31.2 Å². The lowest BCUT2D eigenvalue weighted by Gasteiger charge is -2.18. The lowest BCUT2D eigenvalue weighted by Crippen LogP contribution is -2.24. The molecule has 3 aromatic carbocycles. The zero-order chi connectivity index (χ0) is 20.5. The molecule has 0 fully saturated rings. The SMILES string of the molecule is COc1c(-c2ccccc2)c2cc(Cl)ccc2n(Cc2ccc(Br)cc2F)c1=O. The fraction of sp³-hybridized carbons (Fsp3) is 0.0870. The molecule has 0 N–H and O–H groups in total. The molecule has 0 bridgehead atoms. The first-order chi connectivity index (χ1) is 14.0. The Kier molecular flexibility index (Phi) is 5.43. The van der Waals surface area contributed by atoms with Crippen molar-refractivity contribution in [3.05, 3.63) is 98.0 Å². The molecule has 3 nitrogen and oxygen atoms in total. The van der Waals surface area contributed by atoms with Crippen LogP contribution >= 0.6 is 27.5 Å². The van der Waals surface area contributed by atoms with E-state index in [0.29, 0.717) is 26.1 Å². The Bertz CT molecular complexity index is 1270. The number of nitrogens with zero attached hydrogens (tertiary/aromatic N) is 1. The van der Waals surface area contributed by atoms with Crippen LogP contribution in [-0.2, 0) is 6.54 Å². The van der Waals surface area contributed by atoms with Gasteiger partial charge in [-0.05, 0) is 35.9 Å². The molecule has 0 aliphatic heterocycles. The standard InChI is InChI=1S/C23H16BrClFNO2/c1-29-22-21(14-5-3-2-4-6-14)18-12-17(25)9-10-20(18)27(23(22)28)13-15-7-8-16(24)11-19(15)26/h2-12H,13H2,1H3. The Morgan fingerprint density at radius 2 is 1.83 bits per heavy atom. The van der Waals surface area contributed by atoms with Crippen molar-refractivity contribution in [1.82, 2.24) is 4.57 Å². The largest absolute Gasteiger partial charge is 0.491 e. The summed E-state index contributed by atoms with van der Waals surface area (Å²) in [6.45, 7) is 0.0709. The molecule has 29 heavy (non-hydrogen) atoms. The molecule has 4 aromatic rings.